The minimum Gasteiger partial charge on any atom is -0.357 e. The molecule has 198 valence electrons. The molecule has 2 fully saturated rings. The molecule has 3 amide bonds. The summed E-state index contributed by atoms with van der Waals surface area (Å²) in [5, 5.41) is 2.58. The third-order valence-electron chi connectivity index (χ3n) is 7.94. The molecule has 0 aliphatic carbocycles. The molecule has 9 heteroatoms. The van der Waals surface area contributed by atoms with Crippen molar-refractivity contribution in [1.82, 2.24) is 4.90 Å². The fourth-order valence-electron chi connectivity index (χ4n) is 5.97. The monoisotopic (exact) mass is 531 g/mol. The Labute approximate surface area is 222 Å². The Morgan fingerprint density at radius 3 is 2.36 bits per heavy atom. The molecule has 3 aromatic rings. The Hall–Kier alpha value is -4.40. The number of rotatable bonds is 3. The first kappa shape index (κ1) is 24.9. The lowest BCUT2D eigenvalue weighted by Gasteiger charge is -2.35. The van der Waals surface area contributed by atoms with Crippen LogP contribution in [0.2, 0.25) is 0 Å². The molecule has 2 saturated heterocycles. The van der Waals surface area contributed by atoms with Crippen LogP contribution in [-0.2, 0) is 20.6 Å². The fraction of sp³-hybridized carbons (Fsp3) is 0.233. The van der Waals surface area contributed by atoms with Crippen LogP contribution >= 0.6 is 0 Å². The number of carbonyl (C=O) groups excluding carboxylic acids is 3. The molecule has 6 nitrogen and oxygen atoms in total. The number of carbonyl (C=O) groups is 3. The Balaban J connectivity index is 1.42. The molecule has 6 rings (SSSR count). The molecule has 3 aliphatic rings. The summed E-state index contributed by atoms with van der Waals surface area (Å²) in [6.45, 7) is 3.82. The zero-order valence-electron chi connectivity index (χ0n) is 21.1. The number of benzene rings is 3. The molecule has 4 atom stereocenters. The Kier molecular flexibility index (Phi) is 5.64. The molecule has 0 saturated carbocycles. The van der Waals surface area contributed by atoms with Gasteiger partial charge in [0.1, 0.15) is 6.04 Å². The second kappa shape index (κ2) is 8.83. The minimum absolute atomic E-state index is 0.0426. The molecule has 0 aromatic heterocycles. The van der Waals surface area contributed by atoms with Crippen molar-refractivity contribution in [3.05, 3.63) is 101 Å². The zero-order valence-corrected chi connectivity index (χ0v) is 21.1. The Morgan fingerprint density at radius 2 is 1.62 bits per heavy atom. The minimum atomic E-state index is -4.58. The molecule has 0 unspecified atom stereocenters. The van der Waals surface area contributed by atoms with Crippen LogP contribution in [0, 0.1) is 25.7 Å². The van der Waals surface area contributed by atoms with Crippen molar-refractivity contribution < 1.29 is 27.6 Å². The highest BCUT2D eigenvalue weighted by molar-refractivity contribution is 6.24. The largest absolute Gasteiger partial charge is 0.416 e. The van der Waals surface area contributed by atoms with Crippen molar-refractivity contribution in [3.8, 4) is 0 Å². The number of imide groups is 1. The Morgan fingerprint density at radius 1 is 0.872 bits per heavy atom. The highest BCUT2D eigenvalue weighted by Crippen LogP contribution is 2.53. The smallest absolute Gasteiger partial charge is 0.357 e. The molecule has 39 heavy (non-hydrogen) atoms. The molecule has 3 aliphatic heterocycles. The Bertz CT molecular complexity index is 1560. The third kappa shape index (κ3) is 3.91. The van der Waals surface area contributed by atoms with E-state index in [2.05, 4.69) is 5.32 Å². The molecular weight excluding hydrogens is 507 g/mol. The predicted octanol–water partition coefficient (Wildman–Crippen LogP) is 5.48. The van der Waals surface area contributed by atoms with Crippen molar-refractivity contribution in [2.75, 3.05) is 10.2 Å². The fourth-order valence-corrected chi connectivity index (χ4v) is 5.97. The molecule has 3 heterocycles. The van der Waals surface area contributed by atoms with E-state index in [4.69, 9.17) is 0 Å². The number of hydrogen-bond donors (Lipinski definition) is 1. The van der Waals surface area contributed by atoms with Crippen LogP contribution < -0.4 is 10.2 Å². The lowest BCUT2D eigenvalue weighted by atomic mass is 9.84. The van der Waals surface area contributed by atoms with Gasteiger partial charge in [-0.15, -0.1) is 0 Å². The van der Waals surface area contributed by atoms with Crippen LogP contribution in [0.1, 0.15) is 33.9 Å². The van der Waals surface area contributed by atoms with E-state index >= 15 is 0 Å². The van der Waals surface area contributed by atoms with Crippen LogP contribution in [0.5, 0.6) is 0 Å². The van der Waals surface area contributed by atoms with Crippen molar-refractivity contribution >= 4 is 35.2 Å². The maximum absolute atomic E-state index is 13.9. The highest BCUT2D eigenvalue weighted by atomic mass is 19.4. The maximum atomic E-state index is 13.9. The molecule has 0 spiro atoms. The van der Waals surface area contributed by atoms with Gasteiger partial charge < -0.3 is 10.2 Å². The van der Waals surface area contributed by atoms with Crippen LogP contribution in [0.3, 0.4) is 0 Å². The average Bonchev–Trinajstić information content (AvgIpc) is 3.38. The molecule has 0 radical (unpaired) electrons. The van der Waals surface area contributed by atoms with Crippen LogP contribution in [0.15, 0.2) is 72.9 Å². The van der Waals surface area contributed by atoms with Gasteiger partial charge in [-0.25, -0.2) is 4.90 Å². The first-order valence-electron chi connectivity index (χ1n) is 12.5. The van der Waals surface area contributed by atoms with Crippen molar-refractivity contribution in [2.24, 2.45) is 11.8 Å². The summed E-state index contributed by atoms with van der Waals surface area (Å²) in [4.78, 5) is 44.5. The number of nitrogens with zero attached hydrogens (tertiary/aromatic N) is 2. The number of aryl methyl sites for hydroxylation is 2. The number of hydrogen-bond acceptors (Lipinski definition) is 4. The summed E-state index contributed by atoms with van der Waals surface area (Å²) < 4.78 is 39.8. The van der Waals surface area contributed by atoms with Gasteiger partial charge in [0.05, 0.1) is 29.1 Å². The van der Waals surface area contributed by atoms with Gasteiger partial charge in [-0.05, 0) is 72.5 Å². The second-order valence-corrected chi connectivity index (χ2v) is 10.2. The van der Waals surface area contributed by atoms with Gasteiger partial charge >= 0.3 is 6.18 Å². The summed E-state index contributed by atoms with van der Waals surface area (Å²) in [6.07, 6.45) is -1.07. The SMILES string of the molecule is Cc1ccc(N2C(=O)[C@@H]3[C@H](C2=O)[C@@H]2c4ccccc4C=CN2[C@@H]3C(=O)Nc2cccc(C(F)(F)F)c2)cc1C. The van der Waals surface area contributed by atoms with E-state index in [-0.39, 0.29) is 5.69 Å². The summed E-state index contributed by atoms with van der Waals surface area (Å²) in [6, 6.07) is 15.5. The van der Waals surface area contributed by atoms with E-state index in [1.165, 1.54) is 12.1 Å². The number of nitrogens with one attached hydrogen (secondary N) is 1. The highest BCUT2D eigenvalue weighted by Gasteiger charge is 2.64. The van der Waals surface area contributed by atoms with E-state index in [0.29, 0.717) is 5.69 Å². The number of halogens is 3. The predicted molar refractivity (Wildman–Crippen MR) is 139 cm³/mol. The van der Waals surface area contributed by atoms with E-state index < -0.39 is 53.4 Å². The van der Waals surface area contributed by atoms with Gasteiger partial charge in [0.15, 0.2) is 0 Å². The van der Waals surface area contributed by atoms with E-state index in [1.807, 2.05) is 50.3 Å². The van der Waals surface area contributed by atoms with Crippen molar-refractivity contribution in [3.63, 3.8) is 0 Å². The van der Waals surface area contributed by atoms with Gasteiger partial charge in [0.25, 0.3) is 0 Å². The van der Waals surface area contributed by atoms with Gasteiger partial charge in [-0.1, -0.05) is 36.4 Å². The van der Waals surface area contributed by atoms with E-state index in [1.54, 1.807) is 23.2 Å². The van der Waals surface area contributed by atoms with Gasteiger partial charge in [0.2, 0.25) is 17.7 Å². The third-order valence-corrected chi connectivity index (χ3v) is 7.94. The van der Waals surface area contributed by atoms with Crippen LogP contribution in [0.4, 0.5) is 24.5 Å². The molecule has 1 N–H and O–H groups in total. The maximum Gasteiger partial charge on any atom is 0.416 e. The summed E-state index contributed by atoms with van der Waals surface area (Å²) in [5.41, 5.74) is 3.10. The summed E-state index contributed by atoms with van der Waals surface area (Å²) in [7, 11) is 0. The number of fused-ring (bicyclic) bond motifs is 5. The zero-order chi connectivity index (χ0) is 27.6. The van der Waals surface area contributed by atoms with Crippen molar-refractivity contribution in [2.45, 2.75) is 32.1 Å². The number of alkyl halides is 3. The average molecular weight is 532 g/mol. The molecular formula is C30H24F3N3O3. The van der Waals surface area contributed by atoms with Gasteiger partial charge in [0, 0.05) is 11.9 Å². The summed E-state index contributed by atoms with van der Waals surface area (Å²) >= 11 is 0. The van der Waals surface area contributed by atoms with E-state index in [0.717, 1.165) is 39.3 Å². The lowest BCUT2D eigenvalue weighted by Crippen LogP contribution is -2.46. The van der Waals surface area contributed by atoms with Crippen LogP contribution in [0.25, 0.3) is 6.08 Å². The first-order valence-corrected chi connectivity index (χ1v) is 12.5. The topological polar surface area (TPSA) is 69.7 Å². The quantitative estimate of drug-likeness (QED) is 0.455. The second-order valence-electron chi connectivity index (χ2n) is 10.2. The van der Waals surface area contributed by atoms with Gasteiger partial charge in [-0.3, -0.25) is 14.4 Å². The normalized spacial score (nSPS) is 23.5. The number of amides is 3. The van der Waals surface area contributed by atoms with Crippen LogP contribution in [-0.4, -0.2) is 28.7 Å². The first-order chi connectivity index (χ1) is 18.6. The molecule has 0 bridgehead atoms. The summed E-state index contributed by atoms with van der Waals surface area (Å²) in [5.74, 6) is -3.42. The lowest BCUT2D eigenvalue weighted by molar-refractivity contribution is -0.137. The number of anilines is 2. The van der Waals surface area contributed by atoms with Gasteiger partial charge in [-0.2, -0.15) is 13.2 Å². The van der Waals surface area contributed by atoms with E-state index in [9.17, 15) is 27.6 Å². The van der Waals surface area contributed by atoms with Crippen molar-refractivity contribution in [1.29, 1.82) is 0 Å². The molecule has 3 aromatic carbocycles. The standard InChI is InChI=1S/C30H24F3N3O3/c1-16-10-11-21(14-17(16)2)36-28(38)23-24(29(36)39)26(35-13-12-18-6-3-4-9-22(18)25(23)35)27(37)34-20-8-5-7-19(15-20)30(31,32)33/h3-15,23-26H,1-2H3,(H,34,37)/t23-,24+,25-,26-/m0/s1.